The van der Waals surface area contributed by atoms with Gasteiger partial charge in [-0.25, -0.2) is 0 Å². The highest BCUT2D eigenvalue weighted by atomic mass is 16.5. The molecule has 1 saturated heterocycles. The van der Waals surface area contributed by atoms with Crippen molar-refractivity contribution < 1.29 is 19.0 Å². The van der Waals surface area contributed by atoms with Gasteiger partial charge in [0.25, 0.3) is 0 Å². The van der Waals surface area contributed by atoms with Gasteiger partial charge in [0.15, 0.2) is 0 Å². The maximum Gasteiger partial charge on any atom is 0.224 e. The second kappa shape index (κ2) is 11.2. The summed E-state index contributed by atoms with van der Waals surface area (Å²) >= 11 is 0. The maximum atomic E-state index is 12.6. The fraction of sp³-hybridized carbons (Fsp3) is 0.500. The van der Waals surface area contributed by atoms with Crippen molar-refractivity contribution in [1.82, 2.24) is 10.2 Å². The summed E-state index contributed by atoms with van der Waals surface area (Å²) in [4.78, 5) is 15.1. The van der Waals surface area contributed by atoms with Crippen LogP contribution in [-0.2, 0) is 11.2 Å². The van der Waals surface area contributed by atoms with Crippen molar-refractivity contribution in [3.8, 4) is 17.2 Å². The van der Waals surface area contributed by atoms with Crippen LogP contribution in [0.4, 0.5) is 0 Å². The van der Waals surface area contributed by atoms with Gasteiger partial charge in [0.1, 0.15) is 17.2 Å². The fourth-order valence-corrected chi connectivity index (χ4v) is 4.73. The molecule has 1 heterocycles. The average Bonchev–Trinajstić information content (AvgIpc) is 3.27. The highest BCUT2D eigenvalue weighted by Gasteiger charge is 2.29. The molecule has 1 fully saturated rings. The summed E-state index contributed by atoms with van der Waals surface area (Å²) in [6, 6.07) is 12.7. The minimum Gasteiger partial charge on any atom is -0.497 e. The molecule has 32 heavy (non-hydrogen) atoms. The smallest absolute Gasteiger partial charge is 0.224 e. The molecule has 0 radical (unpaired) electrons. The lowest BCUT2D eigenvalue weighted by molar-refractivity contribution is -0.120. The fourth-order valence-electron chi connectivity index (χ4n) is 4.73. The van der Waals surface area contributed by atoms with Crippen LogP contribution in [0.5, 0.6) is 17.2 Å². The summed E-state index contributed by atoms with van der Waals surface area (Å²) in [6.07, 6.45) is 3.58. The number of nitrogens with zero attached hydrogens (tertiary/aromatic N) is 1. The molecule has 0 aromatic heterocycles. The molecule has 0 spiro atoms. The molecule has 1 N–H and O–H groups in total. The van der Waals surface area contributed by atoms with Gasteiger partial charge < -0.3 is 19.5 Å². The van der Waals surface area contributed by atoms with E-state index in [1.54, 1.807) is 21.3 Å². The van der Waals surface area contributed by atoms with E-state index in [2.05, 4.69) is 36.2 Å². The SMILES string of the molecule is COc1ccc(C(C)N2CCCC2CCNC(=O)Cc2cc(OC)ccc2OC)c(C)c1. The van der Waals surface area contributed by atoms with Gasteiger partial charge in [0.2, 0.25) is 5.91 Å². The van der Waals surface area contributed by atoms with Crippen molar-refractivity contribution in [2.75, 3.05) is 34.4 Å². The number of amides is 1. The average molecular weight is 441 g/mol. The summed E-state index contributed by atoms with van der Waals surface area (Å²) in [7, 11) is 4.93. The van der Waals surface area contributed by atoms with E-state index in [9.17, 15) is 4.79 Å². The van der Waals surface area contributed by atoms with Gasteiger partial charge in [-0.2, -0.15) is 0 Å². The summed E-state index contributed by atoms with van der Waals surface area (Å²) < 4.78 is 16.0. The van der Waals surface area contributed by atoms with Crippen molar-refractivity contribution in [1.29, 1.82) is 0 Å². The molecular weight excluding hydrogens is 404 g/mol. The molecule has 1 aliphatic rings. The van der Waals surface area contributed by atoms with E-state index in [0.29, 0.717) is 24.4 Å². The molecule has 3 rings (SSSR count). The molecule has 2 aromatic rings. The van der Waals surface area contributed by atoms with Crippen LogP contribution in [0.2, 0.25) is 0 Å². The number of hydrogen-bond donors (Lipinski definition) is 1. The Morgan fingerprint density at radius 1 is 1.09 bits per heavy atom. The molecule has 0 saturated carbocycles. The summed E-state index contributed by atoms with van der Waals surface area (Å²) in [5.74, 6) is 2.32. The Hall–Kier alpha value is -2.73. The number of benzene rings is 2. The lowest BCUT2D eigenvalue weighted by Crippen LogP contribution is -2.36. The summed E-state index contributed by atoms with van der Waals surface area (Å²) in [5, 5.41) is 3.09. The van der Waals surface area contributed by atoms with E-state index >= 15 is 0 Å². The van der Waals surface area contributed by atoms with Crippen molar-refractivity contribution in [3.05, 3.63) is 53.1 Å². The first-order chi connectivity index (χ1) is 15.5. The Bertz CT molecular complexity index is 915. The third-order valence-electron chi connectivity index (χ3n) is 6.49. The largest absolute Gasteiger partial charge is 0.497 e. The maximum absolute atomic E-state index is 12.6. The van der Waals surface area contributed by atoms with Gasteiger partial charge in [-0.3, -0.25) is 9.69 Å². The number of ether oxygens (including phenoxy) is 3. The van der Waals surface area contributed by atoms with Gasteiger partial charge in [0, 0.05) is 24.2 Å². The third kappa shape index (κ3) is 5.74. The van der Waals surface area contributed by atoms with Gasteiger partial charge in [0.05, 0.1) is 27.8 Å². The molecule has 174 valence electrons. The van der Waals surface area contributed by atoms with Crippen molar-refractivity contribution in [2.24, 2.45) is 0 Å². The first-order valence-corrected chi connectivity index (χ1v) is 11.3. The molecular formula is C26H36N2O4. The van der Waals surface area contributed by atoms with Crippen molar-refractivity contribution in [3.63, 3.8) is 0 Å². The van der Waals surface area contributed by atoms with E-state index < -0.39 is 0 Å². The second-order valence-electron chi connectivity index (χ2n) is 8.43. The van der Waals surface area contributed by atoms with Crippen LogP contribution in [0.15, 0.2) is 36.4 Å². The molecule has 6 heteroatoms. The van der Waals surface area contributed by atoms with Gasteiger partial charge >= 0.3 is 0 Å². The first-order valence-electron chi connectivity index (χ1n) is 11.3. The number of methoxy groups -OCH3 is 3. The molecule has 6 nitrogen and oxygen atoms in total. The van der Waals surface area contributed by atoms with E-state index in [1.807, 2.05) is 24.3 Å². The van der Waals surface area contributed by atoms with Crippen LogP contribution in [0, 0.1) is 6.92 Å². The second-order valence-corrected chi connectivity index (χ2v) is 8.43. The highest BCUT2D eigenvalue weighted by molar-refractivity contribution is 5.79. The summed E-state index contributed by atoms with van der Waals surface area (Å²) in [5.41, 5.74) is 3.42. The van der Waals surface area contributed by atoms with Crippen LogP contribution in [-0.4, -0.2) is 51.3 Å². The van der Waals surface area contributed by atoms with Crippen LogP contribution in [0.1, 0.15) is 48.9 Å². The normalized spacial score (nSPS) is 17.1. The minimum absolute atomic E-state index is 0.000136. The molecule has 1 aliphatic heterocycles. The van der Waals surface area contributed by atoms with E-state index in [-0.39, 0.29) is 12.3 Å². The lowest BCUT2D eigenvalue weighted by atomic mass is 9.99. The Kier molecular flexibility index (Phi) is 8.39. The molecule has 1 amide bonds. The van der Waals surface area contributed by atoms with Gasteiger partial charge in [-0.1, -0.05) is 6.07 Å². The molecule has 0 bridgehead atoms. The Labute approximate surface area is 191 Å². The predicted molar refractivity (Wildman–Crippen MR) is 127 cm³/mol. The molecule has 0 aliphatic carbocycles. The zero-order chi connectivity index (χ0) is 23.1. The molecule has 2 atom stereocenters. The standard InChI is InChI=1S/C26H36N2O4/c1-18-15-22(30-3)8-10-24(18)19(2)28-14-6-7-21(28)12-13-27-26(29)17-20-16-23(31-4)9-11-25(20)32-5/h8-11,15-16,19,21H,6-7,12-14,17H2,1-5H3,(H,27,29). The van der Waals surface area contributed by atoms with Crippen LogP contribution < -0.4 is 19.5 Å². The number of nitrogens with one attached hydrogen (secondary N) is 1. The topological polar surface area (TPSA) is 60.0 Å². The lowest BCUT2D eigenvalue weighted by Gasteiger charge is -2.32. The minimum atomic E-state index is 0.000136. The molecule has 2 unspecified atom stereocenters. The first kappa shape index (κ1) is 23.9. The van der Waals surface area contributed by atoms with E-state index in [1.165, 1.54) is 24.0 Å². The number of likely N-dealkylation sites (tertiary alicyclic amines) is 1. The quantitative estimate of drug-likeness (QED) is 0.597. The number of aryl methyl sites for hydroxylation is 1. The number of hydrogen-bond acceptors (Lipinski definition) is 5. The number of carbonyl (C=O) groups is 1. The highest BCUT2D eigenvalue weighted by Crippen LogP contribution is 2.33. The Morgan fingerprint density at radius 3 is 2.50 bits per heavy atom. The summed E-state index contributed by atoms with van der Waals surface area (Å²) in [6.45, 7) is 6.18. The molecule has 2 aromatic carbocycles. The number of rotatable bonds is 10. The van der Waals surface area contributed by atoms with Gasteiger partial charge in [-0.15, -0.1) is 0 Å². The van der Waals surface area contributed by atoms with Crippen LogP contribution in [0.3, 0.4) is 0 Å². The monoisotopic (exact) mass is 440 g/mol. The number of carbonyl (C=O) groups excluding carboxylic acids is 1. The zero-order valence-corrected chi connectivity index (χ0v) is 19.9. The van der Waals surface area contributed by atoms with Gasteiger partial charge in [-0.05, 0) is 81.1 Å². The van der Waals surface area contributed by atoms with E-state index in [0.717, 1.165) is 30.0 Å². The predicted octanol–water partition coefficient (Wildman–Crippen LogP) is 4.30. The van der Waals surface area contributed by atoms with E-state index in [4.69, 9.17) is 14.2 Å². The van der Waals surface area contributed by atoms with Crippen molar-refractivity contribution in [2.45, 2.75) is 51.6 Å². The Balaban J connectivity index is 1.55. The third-order valence-corrected chi connectivity index (χ3v) is 6.49. The van der Waals surface area contributed by atoms with Crippen molar-refractivity contribution >= 4 is 5.91 Å². The van der Waals surface area contributed by atoms with Crippen LogP contribution in [0.25, 0.3) is 0 Å². The zero-order valence-electron chi connectivity index (χ0n) is 19.9. The van der Waals surface area contributed by atoms with Crippen LogP contribution >= 0.6 is 0 Å². The Morgan fingerprint density at radius 2 is 1.81 bits per heavy atom.